The molecule has 0 N–H and O–H groups in total. The fraction of sp³-hybridized carbons (Fsp3) is 0.647. The van der Waals surface area contributed by atoms with E-state index in [-0.39, 0.29) is 17.7 Å². The predicted molar refractivity (Wildman–Crippen MR) is 372 cm³/mol. The van der Waals surface area contributed by atoms with E-state index in [0.29, 0.717) is 40.7 Å². The molecule has 8 saturated carbocycles. The van der Waals surface area contributed by atoms with Gasteiger partial charge in [-0.2, -0.15) is 8.78 Å². The SMILES string of the molecule is CC1CCC(/C=C/C2CCC(c3cc(F)c(F)c(F)c3)CC2)CC1.CC1CCC(/C=C/C2CCC(c3ccc(F)c(F)c3)CC2)CC1.CC1CCC(/C=C/C2CCC(c3ccc(F)cc3)CC2)CC1.CC1CCC(CCC2CCC(c3cc(F)c(OC(F)F)c(F)c3)CC2)CC1. The summed E-state index contributed by atoms with van der Waals surface area (Å²) in [5, 5.41) is 0. The van der Waals surface area contributed by atoms with E-state index in [0.717, 1.165) is 135 Å². The third kappa shape index (κ3) is 24.0. The third-order valence-electron chi connectivity index (χ3n) is 24.4. The predicted octanol–water partition coefficient (Wildman–Crippen LogP) is 27.3. The summed E-state index contributed by atoms with van der Waals surface area (Å²) < 4.78 is 136. The third-order valence-corrected chi connectivity index (χ3v) is 24.4. The van der Waals surface area contributed by atoms with E-state index in [4.69, 9.17) is 0 Å². The standard InChI is InChI=1S/C22H30F4O.C21H27F3.C21H28F2.C21H29F/c1-14-2-4-15(5-3-14)6-7-16-8-10-17(11-9-16)18-12-19(23)21(20(24)13-18)27-22(25)26;1-14-2-4-15(5-3-14)6-7-16-8-10-17(11-9-16)18-12-19(22)21(24)20(23)13-18;1-15-2-4-16(5-3-15)6-7-17-8-10-18(11-9-17)19-12-13-20(22)21(23)14-19;1-16-2-4-17(5-3-16)6-7-18-8-10-19(11-9-18)20-12-14-21(22)15-13-20/h12-17,22H,2-11H2,1H3;6-7,12-17H,2-5,8-11H2,1H3;6-7,12-18H,2-5,8-11H2,1H3;6-7,12-19H,2-5,8-11H2,1H3/b;3*7-6+. The Morgan fingerprint density at radius 3 is 0.917 bits per heavy atom. The van der Waals surface area contributed by atoms with Gasteiger partial charge in [-0.1, -0.05) is 159 Å². The Bertz CT molecular complexity index is 2950. The van der Waals surface area contributed by atoms with Gasteiger partial charge in [0.15, 0.2) is 46.5 Å². The maximum absolute atomic E-state index is 14.0. The van der Waals surface area contributed by atoms with Crippen molar-refractivity contribution in [1.29, 1.82) is 0 Å². The second-order valence-electron chi connectivity index (χ2n) is 31.7. The Hall–Kier alpha value is -4.80. The molecule has 4 aromatic rings. The maximum atomic E-state index is 14.0. The lowest BCUT2D eigenvalue weighted by Gasteiger charge is -2.31. The number of ether oxygens (including phenoxy) is 1. The van der Waals surface area contributed by atoms with Crippen molar-refractivity contribution < 1.29 is 48.6 Å². The lowest BCUT2D eigenvalue weighted by Crippen LogP contribution is -2.17. The van der Waals surface area contributed by atoms with Crippen LogP contribution in [0, 0.1) is 118 Å². The van der Waals surface area contributed by atoms with E-state index < -0.39 is 53.1 Å². The summed E-state index contributed by atoms with van der Waals surface area (Å²) in [4.78, 5) is 0. The molecule has 0 spiro atoms. The molecule has 0 saturated heterocycles. The highest BCUT2D eigenvalue weighted by molar-refractivity contribution is 5.34. The van der Waals surface area contributed by atoms with E-state index in [2.05, 4.69) is 68.9 Å². The zero-order valence-corrected chi connectivity index (χ0v) is 58.4. The van der Waals surface area contributed by atoms with E-state index >= 15 is 0 Å². The molecule has 96 heavy (non-hydrogen) atoms. The number of halogens is 10. The molecule has 8 aliphatic carbocycles. The molecule has 0 amide bonds. The van der Waals surface area contributed by atoms with Gasteiger partial charge >= 0.3 is 6.61 Å². The molecular formula is C85H114F10O. The number of benzene rings is 4. The van der Waals surface area contributed by atoms with Gasteiger partial charge in [-0.15, -0.1) is 0 Å². The molecule has 0 aromatic heterocycles. The van der Waals surface area contributed by atoms with Crippen molar-refractivity contribution in [2.24, 2.45) is 71.0 Å². The van der Waals surface area contributed by atoms with Crippen LogP contribution in [-0.4, -0.2) is 6.61 Å². The number of hydrogen-bond donors (Lipinski definition) is 0. The molecule has 11 heteroatoms. The fourth-order valence-corrected chi connectivity index (χ4v) is 17.5. The van der Waals surface area contributed by atoms with Crippen molar-refractivity contribution in [2.75, 3.05) is 0 Å². The van der Waals surface area contributed by atoms with E-state index in [1.807, 2.05) is 12.1 Å². The minimum atomic E-state index is -3.23. The van der Waals surface area contributed by atoms with Gasteiger partial charge in [-0.3, -0.25) is 0 Å². The summed E-state index contributed by atoms with van der Waals surface area (Å²) in [6.07, 6.45) is 56.6. The topological polar surface area (TPSA) is 9.23 Å². The van der Waals surface area contributed by atoms with Gasteiger partial charge in [0, 0.05) is 0 Å². The lowest BCUT2D eigenvalue weighted by molar-refractivity contribution is -0.0547. The summed E-state index contributed by atoms with van der Waals surface area (Å²) in [6, 6.07) is 16.2. The molecule has 1 nitrogen and oxygen atoms in total. The summed E-state index contributed by atoms with van der Waals surface area (Å²) in [5.74, 6) is 2.71. The molecule has 12 rings (SSSR count). The van der Waals surface area contributed by atoms with Crippen LogP contribution >= 0.6 is 0 Å². The van der Waals surface area contributed by atoms with Crippen LogP contribution in [0.15, 0.2) is 103 Å². The second kappa shape index (κ2) is 38.1. The molecule has 8 fully saturated rings. The highest BCUT2D eigenvalue weighted by atomic mass is 19.3. The molecule has 0 bridgehead atoms. The van der Waals surface area contributed by atoms with Gasteiger partial charge in [-0.25, -0.2) is 35.1 Å². The number of hydrogen-bond acceptors (Lipinski definition) is 1. The molecule has 0 aliphatic heterocycles. The Labute approximate surface area is 571 Å². The smallest absolute Gasteiger partial charge is 0.387 e. The summed E-state index contributed by atoms with van der Waals surface area (Å²) in [6.45, 7) is 6.19. The maximum Gasteiger partial charge on any atom is 0.387 e. The molecule has 530 valence electrons. The van der Waals surface area contributed by atoms with Crippen LogP contribution in [-0.2, 0) is 0 Å². The Morgan fingerprint density at radius 1 is 0.302 bits per heavy atom. The second-order valence-corrected chi connectivity index (χ2v) is 31.7. The van der Waals surface area contributed by atoms with Crippen molar-refractivity contribution >= 4 is 0 Å². The van der Waals surface area contributed by atoms with Gasteiger partial charge in [0.1, 0.15) is 5.82 Å². The van der Waals surface area contributed by atoms with Crippen molar-refractivity contribution in [1.82, 2.24) is 0 Å². The van der Waals surface area contributed by atoms with Crippen LogP contribution in [0.2, 0.25) is 0 Å². The first-order valence-corrected chi connectivity index (χ1v) is 38.1. The van der Waals surface area contributed by atoms with Crippen LogP contribution in [0.5, 0.6) is 5.75 Å². The first kappa shape index (κ1) is 75.4. The van der Waals surface area contributed by atoms with E-state index in [9.17, 15) is 43.9 Å². The average molecular weight is 1340 g/mol. The van der Waals surface area contributed by atoms with Crippen molar-refractivity contribution in [3.63, 3.8) is 0 Å². The summed E-state index contributed by atoms with van der Waals surface area (Å²) >= 11 is 0. The van der Waals surface area contributed by atoms with Crippen molar-refractivity contribution in [3.8, 4) is 5.75 Å². The molecule has 0 heterocycles. The Kier molecular flexibility index (Phi) is 29.9. The molecule has 0 unspecified atom stereocenters. The van der Waals surface area contributed by atoms with E-state index in [1.54, 1.807) is 18.2 Å². The molecular weight excluding hydrogens is 1230 g/mol. The van der Waals surface area contributed by atoms with Gasteiger partial charge in [-0.05, 0) is 307 Å². The zero-order chi connectivity index (χ0) is 68.1. The normalized spacial score (nSPS) is 31.4. The Morgan fingerprint density at radius 2 is 0.573 bits per heavy atom. The quantitative estimate of drug-likeness (QED) is 0.0655. The minimum absolute atomic E-state index is 0.0985. The van der Waals surface area contributed by atoms with E-state index in [1.165, 1.54) is 184 Å². The largest absolute Gasteiger partial charge is 0.429 e. The van der Waals surface area contributed by atoms with Crippen LogP contribution in [0.4, 0.5) is 43.9 Å². The van der Waals surface area contributed by atoms with Crippen molar-refractivity contribution in [2.45, 2.75) is 276 Å². The monoisotopic (exact) mass is 1340 g/mol. The summed E-state index contributed by atoms with van der Waals surface area (Å²) in [7, 11) is 0. The molecule has 8 aliphatic rings. The first-order valence-electron chi connectivity index (χ1n) is 38.1. The highest BCUT2D eigenvalue weighted by Crippen LogP contribution is 2.44. The van der Waals surface area contributed by atoms with Gasteiger partial charge < -0.3 is 4.74 Å². The van der Waals surface area contributed by atoms with Gasteiger partial charge in [0.2, 0.25) is 0 Å². The number of allylic oxidation sites excluding steroid dienone is 6. The first-order chi connectivity index (χ1) is 46.3. The van der Waals surface area contributed by atoms with Crippen LogP contribution in [0.3, 0.4) is 0 Å². The highest BCUT2D eigenvalue weighted by Gasteiger charge is 2.30. The van der Waals surface area contributed by atoms with Crippen LogP contribution in [0.1, 0.15) is 292 Å². The number of alkyl halides is 2. The van der Waals surface area contributed by atoms with Crippen LogP contribution < -0.4 is 4.74 Å². The van der Waals surface area contributed by atoms with Crippen LogP contribution in [0.25, 0.3) is 0 Å². The molecule has 0 atom stereocenters. The lowest BCUT2D eigenvalue weighted by atomic mass is 9.74. The minimum Gasteiger partial charge on any atom is -0.429 e. The Balaban J connectivity index is 0.000000151. The van der Waals surface area contributed by atoms with Crippen molar-refractivity contribution in [3.05, 3.63) is 172 Å². The molecule has 0 radical (unpaired) electrons. The zero-order valence-electron chi connectivity index (χ0n) is 58.4. The molecule has 4 aromatic carbocycles. The average Bonchev–Trinajstić information content (AvgIpc) is 0.902. The van der Waals surface area contributed by atoms with Gasteiger partial charge in [0.05, 0.1) is 0 Å². The summed E-state index contributed by atoms with van der Waals surface area (Å²) in [5.41, 5.74) is 3.46. The number of rotatable bonds is 15. The van der Waals surface area contributed by atoms with Gasteiger partial charge in [0.25, 0.3) is 0 Å². The fourth-order valence-electron chi connectivity index (χ4n) is 17.5.